The van der Waals surface area contributed by atoms with Crippen molar-refractivity contribution in [1.29, 1.82) is 0 Å². The van der Waals surface area contributed by atoms with Gasteiger partial charge < -0.3 is 25.3 Å². The maximum atomic E-state index is 11.3. The summed E-state index contributed by atoms with van der Waals surface area (Å²) in [5, 5.41) is 8.89. The summed E-state index contributed by atoms with van der Waals surface area (Å²) in [5.74, 6) is -0.306. The SMILES string of the molecule is CC(=O)[O-].COc1ccc(N(C)C(=O)C[NH3+])cc1. The number of rotatable bonds is 3. The lowest BCUT2D eigenvalue weighted by molar-refractivity contribution is -0.354. The molecular formula is C12H18N2O4. The molecule has 0 aliphatic carbocycles. The maximum Gasteiger partial charge on any atom is 0.281 e. The molecule has 1 aromatic rings. The molecule has 1 rings (SSSR count). The zero-order valence-electron chi connectivity index (χ0n) is 10.8. The van der Waals surface area contributed by atoms with Crippen molar-refractivity contribution in [3.63, 3.8) is 0 Å². The van der Waals surface area contributed by atoms with Gasteiger partial charge in [-0.15, -0.1) is 0 Å². The second-order valence-electron chi connectivity index (χ2n) is 3.39. The number of methoxy groups -OCH3 is 1. The van der Waals surface area contributed by atoms with E-state index in [1.54, 1.807) is 19.1 Å². The molecule has 1 aromatic carbocycles. The van der Waals surface area contributed by atoms with Gasteiger partial charge in [-0.25, -0.2) is 0 Å². The number of carboxylic acids is 1. The topological polar surface area (TPSA) is 97.3 Å². The van der Waals surface area contributed by atoms with Gasteiger partial charge in [0.1, 0.15) is 5.75 Å². The smallest absolute Gasteiger partial charge is 0.281 e. The normalized spacial score (nSPS) is 8.89. The van der Waals surface area contributed by atoms with E-state index in [0.717, 1.165) is 18.4 Å². The monoisotopic (exact) mass is 254 g/mol. The molecule has 0 radical (unpaired) electrons. The summed E-state index contributed by atoms with van der Waals surface area (Å²) in [7, 11) is 3.34. The van der Waals surface area contributed by atoms with E-state index < -0.39 is 5.97 Å². The summed E-state index contributed by atoms with van der Waals surface area (Å²) >= 11 is 0. The molecular weight excluding hydrogens is 236 g/mol. The van der Waals surface area contributed by atoms with Gasteiger partial charge in [-0.2, -0.15) is 0 Å². The fraction of sp³-hybridized carbons (Fsp3) is 0.333. The molecule has 18 heavy (non-hydrogen) atoms. The minimum Gasteiger partial charge on any atom is -0.550 e. The van der Waals surface area contributed by atoms with Crippen LogP contribution in [0.15, 0.2) is 24.3 Å². The highest BCUT2D eigenvalue weighted by Crippen LogP contribution is 2.17. The standard InChI is InChI=1S/C10H14N2O2.C2H4O2/c1-12(10(13)7-11)8-3-5-9(14-2)6-4-8;1-2(3)4/h3-6H,7,11H2,1-2H3;1H3,(H,3,4). The molecule has 0 spiro atoms. The van der Waals surface area contributed by atoms with Gasteiger partial charge >= 0.3 is 0 Å². The van der Waals surface area contributed by atoms with E-state index in [9.17, 15) is 4.79 Å². The first-order chi connectivity index (χ1) is 8.42. The summed E-state index contributed by atoms with van der Waals surface area (Å²) in [6.45, 7) is 1.24. The first-order valence-electron chi connectivity index (χ1n) is 5.29. The molecule has 100 valence electrons. The number of carboxylic acid groups (broad SMARTS) is 1. The van der Waals surface area contributed by atoms with Crippen LogP contribution in [-0.4, -0.2) is 32.6 Å². The first kappa shape index (κ1) is 15.9. The van der Waals surface area contributed by atoms with Gasteiger partial charge in [-0.3, -0.25) is 4.79 Å². The van der Waals surface area contributed by atoms with Crippen LogP contribution < -0.4 is 20.5 Å². The second-order valence-corrected chi connectivity index (χ2v) is 3.39. The Morgan fingerprint density at radius 2 is 1.78 bits per heavy atom. The number of hydrogen-bond donors (Lipinski definition) is 1. The third-order valence-electron chi connectivity index (χ3n) is 2.05. The molecule has 1 amide bonds. The van der Waals surface area contributed by atoms with Crippen LogP contribution in [0.3, 0.4) is 0 Å². The van der Waals surface area contributed by atoms with Gasteiger partial charge in [0.15, 0.2) is 6.54 Å². The minimum atomic E-state index is -1.08. The third kappa shape index (κ3) is 5.86. The number of ether oxygens (including phenoxy) is 1. The van der Waals surface area contributed by atoms with Crippen molar-refractivity contribution in [3.8, 4) is 5.75 Å². The lowest BCUT2D eigenvalue weighted by Crippen LogP contribution is -2.57. The number of nitrogens with zero attached hydrogens (tertiary/aromatic N) is 1. The molecule has 0 saturated carbocycles. The average molecular weight is 254 g/mol. The molecule has 0 bridgehead atoms. The third-order valence-corrected chi connectivity index (χ3v) is 2.05. The van der Waals surface area contributed by atoms with E-state index in [0.29, 0.717) is 0 Å². The molecule has 0 saturated heterocycles. The predicted molar refractivity (Wildman–Crippen MR) is 64.8 cm³/mol. The van der Waals surface area contributed by atoms with Crippen molar-refractivity contribution in [1.82, 2.24) is 0 Å². The van der Waals surface area contributed by atoms with Gasteiger partial charge in [0.05, 0.1) is 7.11 Å². The largest absolute Gasteiger partial charge is 0.550 e. The van der Waals surface area contributed by atoms with Crippen LogP contribution in [0.25, 0.3) is 0 Å². The molecule has 0 aliphatic rings. The molecule has 6 nitrogen and oxygen atoms in total. The Bertz CT molecular complexity index is 386. The summed E-state index contributed by atoms with van der Waals surface area (Å²) in [6, 6.07) is 7.32. The Morgan fingerprint density at radius 1 is 1.33 bits per heavy atom. The predicted octanol–water partition coefficient (Wildman–Crippen LogP) is -1.34. The van der Waals surface area contributed by atoms with Crippen LogP contribution in [0.2, 0.25) is 0 Å². The van der Waals surface area contributed by atoms with Gasteiger partial charge in [0.2, 0.25) is 0 Å². The lowest BCUT2D eigenvalue weighted by atomic mass is 10.3. The average Bonchev–Trinajstić information content (AvgIpc) is 2.36. The summed E-state index contributed by atoms with van der Waals surface area (Å²) in [5.41, 5.74) is 4.40. The zero-order valence-corrected chi connectivity index (χ0v) is 10.8. The van der Waals surface area contributed by atoms with Gasteiger partial charge in [-0.1, -0.05) is 0 Å². The van der Waals surface area contributed by atoms with Crippen LogP contribution in [0.1, 0.15) is 6.92 Å². The van der Waals surface area contributed by atoms with Crippen molar-refractivity contribution in [3.05, 3.63) is 24.3 Å². The van der Waals surface area contributed by atoms with Crippen molar-refractivity contribution >= 4 is 17.6 Å². The maximum absolute atomic E-state index is 11.3. The highest BCUT2D eigenvalue weighted by molar-refractivity contribution is 5.93. The number of carbonyl (C=O) groups excluding carboxylic acids is 2. The number of amides is 1. The van der Waals surface area contributed by atoms with Crippen LogP contribution in [0, 0.1) is 0 Å². The van der Waals surface area contributed by atoms with Crippen LogP contribution in [0.5, 0.6) is 5.75 Å². The molecule has 0 aliphatic heterocycles. The number of quaternary nitrogens is 1. The second kappa shape index (κ2) is 8.08. The molecule has 0 aromatic heterocycles. The van der Waals surface area contributed by atoms with E-state index >= 15 is 0 Å². The van der Waals surface area contributed by atoms with E-state index in [1.807, 2.05) is 24.3 Å². The van der Waals surface area contributed by atoms with Crippen molar-refractivity contribution in [2.24, 2.45) is 0 Å². The Hall–Kier alpha value is -2.08. The molecule has 0 unspecified atom stereocenters. The van der Waals surface area contributed by atoms with E-state index in [4.69, 9.17) is 14.6 Å². The van der Waals surface area contributed by atoms with Crippen molar-refractivity contribution in [2.75, 3.05) is 25.6 Å². The van der Waals surface area contributed by atoms with Crippen LogP contribution >= 0.6 is 0 Å². The molecule has 0 atom stereocenters. The van der Waals surface area contributed by atoms with E-state index in [2.05, 4.69) is 5.73 Å². The molecule has 0 fully saturated rings. The number of benzene rings is 1. The molecule has 6 heteroatoms. The Labute approximate surface area is 106 Å². The highest BCUT2D eigenvalue weighted by atomic mass is 16.5. The Balaban J connectivity index is 0.000000631. The lowest BCUT2D eigenvalue weighted by Gasteiger charge is -2.15. The summed E-state index contributed by atoms with van der Waals surface area (Å²) in [6.07, 6.45) is 0. The summed E-state index contributed by atoms with van der Waals surface area (Å²) in [4.78, 5) is 21.8. The number of anilines is 1. The minimum absolute atomic E-state index is 0.00448. The van der Waals surface area contributed by atoms with Gasteiger partial charge in [-0.05, 0) is 31.2 Å². The van der Waals surface area contributed by atoms with Crippen molar-refractivity contribution in [2.45, 2.75) is 6.92 Å². The number of carbonyl (C=O) groups is 2. The summed E-state index contributed by atoms with van der Waals surface area (Å²) < 4.78 is 5.02. The first-order valence-corrected chi connectivity index (χ1v) is 5.29. The Morgan fingerprint density at radius 3 is 2.11 bits per heavy atom. The van der Waals surface area contributed by atoms with Crippen LogP contribution in [0.4, 0.5) is 5.69 Å². The quantitative estimate of drug-likeness (QED) is 0.721. The van der Waals surface area contributed by atoms with Crippen LogP contribution in [-0.2, 0) is 9.59 Å². The molecule has 3 N–H and O–H groups in total. The van der Waals surface area contributed by atoms with E-state index in [-0.39, 0.29) is 12.5 Å². The number of hydrogen-bond acceptors (Lipinski definition) is 4. The zero-order chi connectivity index (χ0) is 14.1. The van der Waals surface area contributed by atoms with Gasteiger partial charge in [0.25, 0.3) is 5.91 Å². The van der Waals surface area contributed by atoms with Crippen molar-refractivity contribution < 1.29 is 25.2 Å². The number of aliphatic carboxylic acids is 1. The number of likely N-dealkylation sites (N-methyl/N-ethyl adjacent to an activating group) is 1. The fourth-order valence-electron chi connectivity index (χ4n) is 1.12. The fourth-order valence-corrected chi connectivity index (χ4v) is 1.12. The van der Waals surface area contributed by atoms with E-state index in [1.165, 1.54) is 0 Å². The highest BCUT2D eigenvalue weighted by Gasteiger charge is 2.09. The Kier molecular flexibility index (Phi) is 7.14. The van der Waals surface area contributed by atoms with Gasteiger partial charge in [0, 0.05) is 18.7 Å². The molecule has 0 heterocycles.